The topological polar surface area (TPSA) is 88.8 Å². The summed E-state index contributed by atoms with van der Waals surface area (Å²) in [7, 11) is 1.83. The monoisotopic (exact) mass is 363 g/mol. The summed E-state index contributed by atoms with van der Waals surface area (Å²) in [6.45, 7) is 3.39. The molecule has 3 aromatic heterocycles. The third kappa shape index (κ3) is 3.64. The molecule has 0 radical (unpaired) electrons. The first-order chi connectivity index (χ1) is 13.1. The number of hydrogen-bond acceptors (Lipinski definition) is 6. The fourth-order valence-electron chi connectivity index (χ4n) is 3.17. The van der Waals surface area contributed by atoms with E-state index >= 15 is 0 Å². The van der Waals surface area contributed by atoms with Gasteiger partial charge in [-0.1, -0.05) is 0 Å². The van der Waals surface area contributed by atoms with E-state index in [0.29, 0.717) is 18.2 Å². The van der Waals surface area contributed by atoms with Crippen LogP contribution in [0, 0.1) is 6.92 Å². The predicted molar refractivity (Wildman–Crippen MR) is 101 cm³/mol. The number of amides is 1. The Morgan fingerprint density at radius 3 is 2.93 bits per heavy atom. The van der Waals surface area contributed by atoms with Gasteiger partial charge in [0.05, 0.1) is 5.69 Å². The molecule has 1 fully saturated rings. The number of nitrogens with zero attached hydrogens (tertiary/aromatic N) is 6. The largest absolute Gasteiger partial charge is 0.346 e. The second kappa shape index (κ2) is 7.14. The molecule has 0 aromatic carbocycles. The Balaban J connectivity index is 1.43. The Morgan fingerprint density at radius 1 is 1.30 bits per heavy atom. The second-order valence-corrected chi connectivity index (χ2v) is 6.68. The first-order valence-electron chi connectivity index (χ1n) is 8.90. The van der Waals surface area contributed by atoms with E-state index in [1.54, 1.807) is 29.3 Å². The lowest BCUT2D eigenvalue weighted by molar-refractivity contribution is 0.0934. The highest BCUT2D eigenvalue weighted by atomic mass is 16.2. The van der Waals surface area contributed by atoms with Crippen LogP contribution in [0.4, 0.5) is 5.95 Å². The minimum Gasteiger partial charge on any atom is -0.346 e. The molecule has 8 heteroatoms. The van der Waals surface area contributed by atoms with Crippen molar-refractivity contribution in [3.05, 3.63) is 54.2 Å². The molecule has 0 aliphatic carbocycles. The number of rotatable bonds is 4. The van der Waals surface area contributed by atoms with Gasteiger partial charge in [0.2, 0.25) is 5.95 Å². The van der Waals surface area contributed by atoms with Crippen molar-refractivity contribution in [2.75, 3.05) is 18.0 Å². The zero-order valence-corrected chi connectivity index (χ0v) is 15.3. The average Bonchev–Trinajstić information content (AvgIpc) is 3.29. The number of aromatic nitrogens is 5. The summed E-state index contributed by atoms with van der Waals surface area (Å²) >= 11 is 0. The molecule has 1 N–H and O–H groups in total. The summed E-state index contributed by atoms with van der Waals surface area (Å²) in [6.07, 6.45) is 6.13. The van der Waals surface area contributed by atoms with Crippen molar-refractivity contribution < 1.29 is 4.79 Å². The van der Waals surface area contributed by atoms with Gasteiger partial charge in [-0.3, -0.25) is 14.5 Å². The van der Waals surface area contributed by atoms with E-state index in [2.05, 4.69) is 30.3 Å². The van der Waals surface area contributed by atoms with Crippen molar-refractivity contribution in [1.82, 2.24) is 30.0 Å². The summed E-state index contributed by atoms with van der Waals surface area (Å²) in [5, 5.41) is 7.29. The predicted octanol–water partition coefficient (Wildman–Crippen LogP) is 1.59. The number of hydrogen-bond donors (Lipinski definition) is 1. The zero-order valence-electron chi connectivity index (χ0n) is 15.3. The molecular weight excluding hydrogens is 342 g/mol. The van der Waals surface area contributed by atoms with Crippen LogP contribution in [0.1, 0.15) is 22.6 Å². The molecule has 0 bridgehead atoms. The van der Waals surface area contributed by atoms with Gasteiger partial charge in [-0.25, -0.2) is 9.97 Å². The van der Waals surface area contributed by atoms with Gasteiger partial charge in [0.1, 0.15) is 5.69 Å². The molecule has 1 unspecified atom stereocenters. The van der Waals surface area contributed by atoms with Crippen molar-refractivity contribution >= 4 is 11.9 Å². The summed E-state index contributed by atoms with van der Waals surface area (Å²) in [5.41, 5.74) is 3.19. The minimum absolute atomic E-state index is 0.0467. The van der Waals surface area contributed by atoms with E-state index in [4.69, 9.17) is 0 Å². The number of nitrogens with one attached hydrogen (secondary N) is 1. The lowest BCUT2D eigenvalue weighted by Gasteiger charge is -2.17. The minimum atomic E-state index is -0.143. The summed E-state index contributed by atoms with van der Waals surface area (Å²) in [6, 6.07) is 7.58. The summed E-state index contributed by atoms with van der Waals surface area (Å²) < 4.78 is 1.70. The van der Waals surface area contributed by atoms with E-state index in [9.17, 15) is 4.79 Å². The molecule has 0 saturated carbocycles. The van der Waals surface area contributed by atoms with Gasteiger partial charge in [0.15, 0.2) is 0 Å². The second-order valence-electron chi connectivity index (χ2n) is 6.68. The van der Waals surface area contributed by atoms with E-state index < -0.39 is 0 Å². The number of anilines is 1. The van der Waals surface area contributed by atoms with Crippen molar-refractivity contribution in [3.63, 3.8) is 0 Å². The van der Waals surface area contributed by atoms with Crippen LogP contribution >= 0.6 is 0 Å². The highest BCUT2D eigenvalue weighted by Crippen LogP contribution is 2.21. The molecule has 1 atom stereocenters. The van der Waals surface area contributed by atoms with Gasteiger partial charge < -0.3 is 10.2 Å². The normalized spacial score (nSPS) is 16.5. The van der Waals surface area contributed by atoms with Crippen LogP contribution in [0.15, 0.2) is 42.9 Å². The Bertz CT molecular complexity index is 934. The van der Waals surface area contributed by atoms with Gasteiger partial charge in [-0.05, 0) is 37.6 Å². The average molecular weight is 363 g/mol. The van der Waals surface area contributed by atoms with Crippen molar-refractivity contribution in [1.29, 1.82) is 0 Å². The van der Waals surface area contributed by atoms with Crippen molar-refractivity contribution in [3.8, 4) is 11.3 Å². The molecule has 1 aliphatic heterocycles. The Morgan fingerprint density at radius 2 is 2.19 bits per heavy atom. The van der Waals surface area contributed by atoms with Crippen LogP contribution < -0.4 is 10.2 Å². The van der Waals surface area contributed by atoms with Gasteiger partial charge >= 0.3 is 0 Å². The fourth-order valence-corrected chi connectivity index (χ4v) is 3.17. The molecule has 4 rings (SSSR count). The summed E-state index contributed by atoms with van der Waals surface area (Å²) in [4.78, 5) is 27.7. The lowest BCUT2D eigenvalue weighted by atomic mass is 10.2. The molecule has 138 valence electrons. The molecule has 1 aliphatic rings. The summed E-state index contributed by atoms with van der Waals surface area (Å²) in [5.74, 6) is 0.525. The van der Waals surface area contributed by atoms with Gasteiger partial charge in [0.25, 0.3) is 5.91 Å². The van der Waals surface area contributed by atoms with Crippen LogP contribution in [0.2, 0.25) is 0 Å². The van der Waals surface area contributed by atoms with E-state index in [1.807, 2.05) is 32.2 Å². The maximum Gasteiger partial charge on any atom is 0.272 e. The number of carbonyl (C=O) groups excluding carboxylic acids is 1. The number of carbonyl (C=O) groups is 1. The molecule has 1 amide bonds. The quantitative estimate of drug-likeness (QED) is 0.757. The zero-order chi connectivity index (χ0) is 18.8. The van der Waals surface area contributed by atoms with Crippen molar-refractivity contribution in [2.24, 2.45) is 7.05 Å². The van der Waals surface area contributed by atoms with E-state index in [1.165, 1.54) is 0 Å². The van der Waals surface area contributed by atoms with E-state index in [-0.39, 0.29) is 11.9 Å². The van der Waals surface area contributed by atoms with Gasteiger partial charge in [-0.15, -0.1) is 0 Å². The smallest absolute Gasteiger partial charge is 0.272 e. The van der Waals surface area contributed by atoms with Crippen LogP contribution in [-0.2, 0) is 7.05 Å². The molecular formula is C19H21N7O. The first kappa shape index (κ1) is 17.1. The van der Waals surface area contributed by atoms with Crippen LogP contribution in [-0.4, -0.2) is 49.8 Å². The Labute approximate surface area is 157 Å². The maximum atomic E-state index is 12.4. The molecule has 0 spiro atoms. The number of aryl methyl sites for hydroxylation is 2. The highest BCUT2D eigenvalue weighted by molar-refractivity contribution is 5.92. The fraction of sp³-hybridized carbons (Fsp3) is 0.316. The Hall–Kier alpha value is -3.29. The first-order valence-corrected chi connectivity index (χ1v) is 8.90. The maximum absolute atomic E-state index is 12.4. The highest BCUT2D eigenvalue weighted by Gasteiger charge is 2.26. The van der Waals surface area contributed by atoms with Crippen molar-refractivity contribution in [2.45, 2.75) is 19.4 Å². The molecule has 27 heavy (non-hydrogen) atoms. The molecule has 3 aromatic rings. The van der Waals surface area contributed by atoms with Crippen LogP contribution in [0.25, 0.3) is 11.3 Å². The van der Waals surface area contributed by atoms with Crippen LogP contribution in [0.3, 0.4) is 0 Å². The SMILES string of the molecule is Cc1cc(C(=O)NC2CCN(c3nccc(-c4cccnc4)n3)C2)nn1C. The molecule has 4 heterocycles. The van der Waals surface area contributed by atoms with E-state index in [0.717, 1.165) is 29.9 Å². The molecule has 1 saturated heterocycles. The Kier molecular flexibility index (Phi) is 4.53. The van der Waals surface area contributed by atoms with Crippen LogP contribution in [0.5, 0.6) is 0 Å². The number of pyridine rings is 1. The van der Waals surface area contributed by atoms with Gasteiger partial charge in [-0.2, -0.15) is 5.10 Å². The molecule has 8 nitrogen and oxygen atoms in total. The standard InChI is InChI=1S/C19H21N7O/c1-13-10-17(24-25(13)2)18(27)22-15-6-9-26(12-15)19-21-8-5-16(23-19)14-4-3-7-20-11-14/h3-5,7-8,10-11,15H,6,9,12H2,1-2H3,(H,22,27). The third-order valence-electron chi connectivity index (χ3n) is 4.75. The van der Waals surface area contributed by atoms with Gasteiger partial charge in [0, 0.05) is 56.0 Å². The lowest BCUT2D eigenvalue weighted by Crippen LogP contribution is -2.37. The third-order valence-corrected chi connectivity index (χ3v) is 4.75.